The third-order valence-corrected chi connectivity index (χ3v) is 1.55. The molecule has 0 unspecified atom stereocenters. The van der Waals surface area contributed by atoms with Gasteiger partial charge in [-0.05, 0) is 12.2 Å². The Labute approximate surface area is 77.2 Å². The number of aromatic amines is 2. The number of aliphatic carboxylic acids is 1. The van der Waals surface area contributed by atoms with Crippen LogP contribution in [0.15, 0.2) is 0 Å². The first-order valence-corrected chi connectivity index (χ1v) is 3.67. The van der Waals surface area contributed by atoms with E-state index in [0.717, 1.165) is 0 Å². The fourth-order valence-electron chi connectivity index (χ4n) is 0.886. The van der Waals surface area contributed by atoms with Gasteiger partial charge in [-0.3, -0.25) is 4.79 Å². The summed E-state index contributed by atoms with van der Waals surface area (Å²) in [6.07, 6.45) is -0.394. The summed E-state index contributed by atoms with van der Waals surface area (Å²) in [5, 5.41) is 17.0. The molecule has 70 valence electrons. The molecule has 1 heterocycles. The maximum Gasteiger partial charge on any atom is 0.354 e. The fraction of sp³-hybridized carbons (Fsp3) is 0.167. The normalized spacial score (nSPS) is 9.85. The van der Waals surface area contributed by atoms with Crippen LogP contribution in [0.2, 0.25) is 0 Å². The maximum absolute atomic E-state index is 10.5. The second kappa shape index (κ2) is 3.40. The lowest BCUT2D eigenvalue weighted by atomic mass is 10.2. The van der Waals surface area contributed by atoms with Gasteiger partial charge in [0.2, 0.25) is 0 Å². The Morgan fingerprint density at radius 3 is 2.38 bits per heavy atom. The van der Waals surface area contributed by atoms with Crippen molar-refractivity contribution in [2.45, 2.75) is 6.42 Å². The summed E-state index contributed by atoms with van der Waals surface area (Å²) in [7, 11) is 0. The molecule has 0 bridgehead atoms. The number of aromatic carboxylic acids is 1. The van der Waals surface area contributed by atoms with Crippen LogP contribution < -0.4 is 0 Å². The molecule has 0 radical (unpaired) electrons. The van der Waals surface area contributed by atoms with Crippen molar-refractivity contribution in [1.29, 1.82) is 0 Å². The van der Waals surface area contributed by atoms with Gasteiger partial charge in [0.1, 0.15) is 5.69 Å². The Morgan fingerprint density at radius 2 is 1.92 bits per heavy atom. The summed E-state index contributed by atoms with van der Waals surface area (Å²) in [5.41, 5.74) is -0.127. The van der Waals surface area contributed by atoms with Crippen LogP contribution in [0.4, 0.5) is 0 Å². The predicted octanol–water partition coefficient (Wildman–Crippen LogP) is 0.398. The smallest absolute Gasteiger partial charge is 0.354 e. The van der Waals surface area contributed by atoms with Crippen LogP contribution in [-0.2, 0) is 11.2 Å². The van der Waals surface area contributed by atoms with Crippen molar-refractivity contribution in [3.8, 4) is 0 Å². The first-order chi connectivity index (χ1) is 6.00. The Bertz CT molecular complexity index is 405. The number of rotatable bonds is 3. The zero-order chi connectivity index (χ0) is 10.0. The van der Waals surface area contributed by atoms with Crippen LogP contribution >= 0.6 is 12.2 Å². The van der Waals surface area contributed by atoms with E-state index in [9.17, 15) is 9.59 Å². The van der Waals surface area contributed by atoms with Crippen LogP contribution in [0.5, 0.6) is 0 Å². The minimum atomic E-state index is -1.23. The highest BCUT2D eigenvalue weighted by molar-refractivity contribution is 7.71. The lowest BCUT2D eigenvalue weighted by Gasteiger charge is -1.93. The lowest BCUT2D eigenvalue weighted by molar-refractivity contribution is -0.136. The number of hydrogen-bond donors (Lipinski definition) is 4. The molecule has 4 N–H and O–H groups in total. The van der Waals surface area contributed by atoms with Gasteiger partial charge >= 0.3 is 11.9 Å². The summed E-state index contributed by atoms with van der Waals surface area (Å²) in [6.45, 7) is 0. The molecule has 0 saturated heterocycles. The van der Waals surface area contributed by atoms with Crippen LogP contribution in [0.25, 0.3) is 0 Å². The molecule has 13 heavy (non-hydrogen) atoms. The molecule has 7 heteroatoms. The molecule has 0 amide bonds. The molecule has 6 nitrogen and oxygen atoms in total. The summed E-state index contributed by atoms with van der Waals surface area (Å²) in [5.74, 6) is -2.35. The SMILES string of the molecule is O=C(O)Cc1[nH]c(=S)[nH]c1C(=O)O. The van der Waals surface area contributed by atoms with Gasteiger partial charge < -0.3 is 20.2 Å². The third-order valence-electron chi connectivity index (χ3n) is 1.35. The number of H-pyrrole nitrogens is 2. The summed E-state index contributed by atoms with van der Waals surface area (Å²) < 4.78 is 0.105. The van der Waals surface area contributed by atoms with Gasteiger partial charge in [-0.2, -0.15) is 0 Å². The average Bonchev–Trinajstić information content (AvgIpc) is 2.29. The summed E-state index contributed by atoms with van der Waals surface area (Å²) in [6, 6.07) is 0. The molecular weight excluding hydrogens is 196 g/mol. The number of hydrogen-bond acceptors (Lipinski definition) is 3. The van der Waals surface area contributed by atoms with Crippen molar-refractivity contribution in [3.63, 3.8) is 0 Å². The van der Waals surface area contributed by atoms with E-state index in [4.69, 9.17) is 10.2 Å². The highest BCUT2D eigenvalue weighted by Gasteiger charge is 2.14. The van der Waals surface area contributed by atoms with Crippen molar-refractivity contribution in [1.82, 2.24) is 9.97 Å². The molecule has 0 aliphatic rings. The molecule has 0 fully saturated rings. The molecule has 1 aromatic heterocycles. The minimum Gasteiger partial charge on any atom is -0.481 e. The lowest BCUT2D eigenvalue weighted by Crippen LogP contribution is -2.07. The second-order valence-electron chi connectivity index (χ2n) is 2.31. The van der Waals surface area contributed by atoms with Gasteiger partial charge in [0.05, 0.1) is 12.1 Å². The van der Waals surface area contributed by atoms with Crippen molar-refractivity contribution in [2.75, 3.05) is 0 Å². The zero-order valence-corrected chi connectivity index (χ0v) is 7.14. The molecule has 0 atom stereocenters. The molecule has 0 aliphatic carbocycles. The fourth-order valence-corrected chi connectivity index (χ4v) is 1.11. The minimum absolute atomic E-state index is 0.0741. The Kier molecular flexibility index (Phi) is 2.47. The van der Waals surface area contributed by atoms with E-state index in [0.29, 0.717) is 0 Å². The quantitative estimate of drug-likeness (QED) is 0.531. The summed E-state index contributed by atoms with van der Waals surface area (Å²) in [4.78, 5) is 25.6. The largest absolute Gasteiger partial charge is 0.481 e. The molecule has 0 aliphatic heterocycles. The molecule has 1 rings (SSSR count). The number of carbonyl (C=O) groups is 2. The highest BCUT2D eigenvalue weighted by atomic mass is 32.1. The van der Waals surface area contributed by atoms with E-state index in [-0.39, 0.29) is 16.2 Å². The molecular formula is C6H6N2O4S. The predicted molar refractivity (Wildman–Crippen MR) is 44.3 cm³/mol. The van der Waals surface area contributed by atoms with E-state index in [1.165, 1.54) is 0 Å². The standard InChI is InChI=1S/C6H6N2O4S/c9-3(10)1-2-4(5(11)12)8-6(13)7-2/h1H2,(H,9,10)(H,11,12)(H2,7,8,13). The van der Waals surface area contributed by atoms with Crippen molar-refractivity contribution in [3.05, 3.63) is 16.2 Å². The van der Waals surface area contributed by atoms with Gasteiger partial charge in [0.25, 0.3) is 0 Å². The van der Waals surface area contributed by atoms with Crippen molar-refractivity contribution < 1.29 is 19.8 Å². The zero-order valence-electron chi connectivity index (χ0n) is 6.33. The van der Waals surface area contributed by atoms with Crippen LogP contribution in [0, 0.1) is 4.77 Å². The van der Waals surface area contributed by atoms with E-state index in [1.54, 1.807) is 0 Å². The van der Waals surface area contributed by atoms with E-state index >= 15 is 0 Å². The van der Waals surface area contributed by atoms with Crippen molar-refractivity contribution >= 4 is 24.2 Å². The second-order valence-corrected chi connectivity index (χ2v) is 2.72. The monoisotopic (exact) mass is 202 g/mol. The van der Waals surface area contributed by atoms with Crippen LogP contribution in [0.1, 0.15) is 16.2 Å². The van der Waals surface area contributed by atoms with E-state index in [1.807, 2.05) is 0 Å². The van der Waals surface area contributed by atoms with Gasteiger partial charge in [-0.15, -0.1) is 0 Å². The Balaban J connectivity index is 3.11. The molecule has 0 aromatic carbocycles. The van der Waals surface area contributed by atoms with Gasteiger partial charge in [-0.25, -0.2) is 4.79 Å². The van der Waals surface area contributed by atoms with E-state index < -0.39 is 18.4 Å². The number of nitrogens with one attached hydrogen (secondary N) is 2. The number of aromatic nitrogens is 2. The number of carboxylic acid groups (broad SMARTS) is 2. The first kappa shape index (κ1) is 9.46. The Morgan fingerprint density at radius 1 is 1.31 bits per heavy atom. The number of imidazole rings is 1. The molecule has 0 spiro atoms. The number of carboxylic acids is 2. The van der Waals surface area contributed by atoms with Crippen LogP contribution in [0.3, 0.4) is 0 Å². The van der Waals surface area contributed by atoms with E-state index in [2.05, 4.69) is 22.2 Å². The topological polar surface area (TPSA) is 106 Å². The average molecular weight is 202 g/mol. The van der Waals surface area contributed by atoms with Crippen molar-refractivity contribution in [2.24, 2.45) is 0 Å². The molecule has 0 saturated carbocycles. The summed E-state index contributed by atoms with van der Waals surface area (Å²) >= 11 is 4.63. The van der Waals surface area contributed by atoms with Crippen LogP contribution in [-0.4, -0.2) is 32.1 Å². The van der Waals surface area contributed by atoms with Gasteiger partial charge in [0.15, 0.2) is 4.77 Å². The maximum atomic E-state index is 10.5. The third kappa shape index (κ3) is 2.15. The van der Waals surface area contributed by atoms with Gasteiger partial charge in [0, 0.05) is 0 Å². The van der Waals surface area contributed by atoms with Gasteiger partial charge in [-0.1, -0.05) is 0 Å². The molecule has 1 aromatic rings. The Hall–Kier alpha value is -1.63. The highest BCUT2D eigenvalue weighted by Crippen LogP contribution is 2.04. The first-order valence-electron chi connectivity index (χ1n) is 3.27.